The van der Waals surface area contributed by atoms with Crippen molar-refractivity contribution in [1.82, 2.24) is 0 Å². The molecule has 5 heteroatoms. The van der Waals surface area contributed by atoms with Gasteiger partial charge in [0.15, 0.2) is 11.6 Å². The Bertz CT molecular complexity index is 667. The van der Waals surface area contributed by atoms with Crippen LogP contribution in [0.1, 0.15) is 38.7 Å². The third-order valence-corrected chi connectivity index (χ3v) is 3.64. The summed E-state index contributed by atoms with van der Waals surface area (Å²) in [5, 5.41) is 10.1. The minimum Gasteiger partial charge on any atom is -0.507 e. The van der Waals surface area contributed by atoms with Crippen molar-refractivity contribution in [2.24, 2.45) is 0 Å². The van der Waals surface area contributed by atoms with Gasteiger partial charge in [0.2, 0.25) is 0 Å². The van der Waals surface area contributed by atoms with E-state index in [1.807, 2.05) is 13.8 Å². The molecular formula is C19H22O5. The first-order valence-corrected chi connectivity index (χ1v) is 8.14. The summed E-state index contributed by atoms with van der Waals surface area (Å²) in [5.41, 5.74) is 0.629. The Morgan fingerprint density at radius 3 is 2.42 bits per heavy atom. The summed E-state index contributed by atoms with van der Waals surface area (Å²) in [7, 11) is 0. The third kappa shape index (κ3) is 4.25. The van der Waals surface area contributed by atoms with Gasteiger partial charge in [-0.3, -0.25) is 9.59 Å². The fourth-order valence-corrected chi connectivity index (χ4v) is 2.54. The fraction of sp³-hybridized carbons (Fsp3) is 0.368. The van der Waals surface area contributed by atoms with Gasteiger partial charge in [-0.1, -0.05) is 0 Å². The Hall–Kier alpha value is -2.56. The molecule has 0 atom stereocenters. The van der Waals surface area contributed by atoms with E-state index in [0.717, 1.165) is 5.56 Å². The topological polar surface area (TPSA) is 72.8 Å². The Morgan fingerprint density at radius 2 is 1.79 bits per heavy atom. The SMILES string of the molecule is CCOc1ccc(/C=C/C(O)=C2C(=O)CCCC2=O)c(OCC)c1. The van der Waals surface area contributed by atoms with E-state index < -0.39 is 0 Å². The zero-order valence-electron chi connectivity index (χ0n) is 14.0. The second kappa shape index (κ2) is 8.34. The first kappa shape index (κ1) is 17.8. The molecule has 0 aliphatic heterocycles. The quantitative estimate of drug-likeness (QED) is 0.490. The third-order valence-electron chi connectivity index (χ3n) is 3.64. The molecular weight excluding hydrogens is 308 g/mol. The van der Waals surface area contributed by atoms with Crippen molar-refractivity contribution in [2.75, 3.05) is 13.2 Å². The normalized spacial score (nSPS) is 15.0. The average molecular weight is 330 g/mol. The zero-order valence-corrected chi connectivity index (χ0v) is 14.0. The van der Waals surface area contributed by atoms with Gasteiger partial charge in [0.1, 0.15) is 22.8 Å². The maximum Gasteiger partial charge on any atom is 0.170 e. The number of ether oxygens (including phenoxy) is 2. The maximum absolute atomic E-state index is 11.8. The highest BCUT2D eigenvalue weighted by Crippen LogP contribution is 2.27. The second-order valence-electron chi connectivity index (χ2n) is 5.36. The molecule has 1 aliphatic carbocycles. The monoisotopic (exact) mass is 330 g/mol. The maximum atomic E-state index is 11.8. The highest BCUT2D eigenvalue weighted by atomic mass is 16.5. The molecule has 1 aromatic rings. The number of ketones is 2. The van der Waals surface area contributed by atoms with Crippen LogP contribution in [-0.4, -0.2) is 29.9 Å². The Labute approximate surface area is 141 Å². The summed E-state index contributed by atoms with van der Waals surface area (Å²) in [4.78, 5) is 23.7. The smallest absolute Gasteiger partial charge is 0.170 e. The van der Waals surface area contributed by atoms with Crippen molar-refractivity contribution >= 4 is 17.6 Å². The number of Topliss-reactive ketones (excluding diaryl/α,β-unsaturated/α-hetero) is 2. The lowest BCUT2D eigenvalue weighted by molar-refractivity contribution is -0.124. The summed E-state index contributed by atoms with van der Waals surface area (Å²) in [6.07, 6.45) is 4.14. The van der Waals surface area contributed by atoms with Gasteiger partial charge in [-0.05, 0) is 44.6 Å². The minimum atomic E-state index is -0.301. The molecule has 2 rings (SSSR count). The highest BCUT2D eigenvalue weighted by molar-refractivity contribution is 6.22. The van der Waals surface area contributed by atoms with Crippen molar-refractivity contribution < 1.29 is 24.2 Å². The molecule has 1 saturated carbocycles. The van der Waals surface area contributed by atoms with E-state index in [2.05, 4.69) is 0 Å². The fourth-order valence-electron chi connectivity index (χ4n) is 2.54. The van der Waals surface area contributed by atoms with E-state index in [1.165, 1.54) is 6.08 Å². The Morgan fingerprint density at radius 1 is 1.12 bits per heavy atom. The van der Waals surface area contributed by atoms with Crippen molar-refractivity contribution in [3.63, 3.8) is 0 Å². The van der Waals surface area contributed by atoms with Crippen molar-refractivity contribution in [3.05, 3.63) is 41.2 Å². The first-order valence-electron chi connectivity index (χ1n) is 8.14. The molecule has 0 aromatic heterocycles. The largest absolute Gasteiger partial charge is 0.507 e. The number of rotatable bonds is 6. The molecule has 0 heterocycles. The van der Waals surface area contributed by atoms with Crippen LogP contribution in [0.25, 0.3) is 6.08 Å². The molecule has 1 N–H and O–H groups in total. The van der Waals surface area contributed by atoms with Crippen LogP contribution < -0.4 is 9.47 Å². The van der Waals surface area contributed by atoms with Gasteiger partial charge >= 0.3 is 0 Å². The highest BCUT2D eigenvalue weighted by Gasteiger charge is 2.26. The minimum absolute atomic E-state index is 0.0959. The predicted octanol–water partition coefficient (Wildman–Crippen LogP) is 3.63. The van der Waals surface area contributed by atoms with E-state index in [0.29, 0.717) is 44.0 Å². The van der Waals surface area contributed by atoms with Gasteiger partial charge in [0.25, 0.3) is 0 Å². The Balaban J connectivity index is 2.30. The number of carbonyl (C=O) groups is 2. The van der Waals surface area contributed by atoms with E-state index >= 15 is 0 Å². The van der Waals surface area contributed by atoms with Crippen LogP contribution in [0.15, 0.2) is 35.6 Å². The van der Waals surface area contributed by atoms with Crippen molar-refractivity contribution in [3.8, 4) is 11.5 Å². The summed E-state index contributed by atoms with van der Waals surface area (Å²) < 4.78 is 11.0. The van der Waals surface area contributed by atoms with Crippen LogP contribution in [0.3, 0.4) is 0 Å². The van der Waals surface area contributed by atoms with E-state index in [4.69, 9.17) is 9.47 Å². The van der Waals surface area contributed by atoms with Crippen LogP contribution in [-0.2, 0) is 9.59 Å². The zero-order chi connectivity index (χ0) is 17.5. The Kier molecular flexibility index (Phi) is 6.18. The van der Waals surface area contributed by atoms with Gasteiger partial charge in [-0.2, -0.15) is 0 Å². The van der Waals surface area contributed by atoms with Crippen LogP contribution in [0.4, 0.5) is 0 Å². The molecule has 0 spiro atoms. The van der Waals surface area contributed by atoms with E-state index in [1.54, 1.807) is 24.3 Å². The summed E-state index contributed by atoms with van der Waals surface area (Å²) >= 11 is 0. The standard InChI is InChI=1S/C19H22O5/c1-3-23-14-10-8-13(18(12-14)24-4-2)9-11-17(22)19-15(20)6-5-7-16(19)21/h8-12,22H,3-7H2,1-2H3/b11-9+. The molecule has 0 bridgehead atoms. The van der Waals surface area contributed by atoms with Gasteiger partial charge in [0, 0.05) is 24.5 Å². The number of hydrogen-bond acceptors (Lipinski definition) is 5. The van der Waals surface area contributed by atoms with Gasteiger partial charge in [-0.25, -0.2) is 0 Å². The first-order chi connectivity index (χ1) is 11.6. The van der Waals surface area contributed by atoms with Crippen LogP contribution in [0.2, 0.25) is 0 Å². The molecule has 0 radical (unpaired) electrons. The number of carbonyl (C=O) groups excluding carboxylic acids is 2. The average Bonchev–Trinajstić information content (AvgIpc) is 2.54. The number of aliphatic hydroxyl groups excluding tert-OH is 1. The summed E-state index contributed by atoms with van der Waals surface area (Å²) in [6.45, 7) is 4.81. The van der Waals surface area contributed by atoms with Crippen molar-refractivity contribution in [1.29, 1.82) is 0 Å². The molecule has 0 amide bonds. The van der Waals surface area contributed by atoms with Gasteiger partial charge in [-0.15, -0.1) is 0 Å². The van der Waals surface area contributed by atoms with Crippen LogP contribution in [0, 0.1) is 0 Å². The summed E-state index contributed by atoms with van der Waals surface area (Å²) in [6, 6.07) is 5.37. The lowest BCUT2D eigenvalue weighted by atomic mass is 9.91. The van der Waals surface area contributed by atoms with Crippen LogP contribution in [0.5, 0.6) is 11.5 Å². The summed E-state index contributed by atoms with van der Waals surface area (Å²) in [5.74, 6) is 0.411. The second-order valence-corrected chi connectivity index (χ2v) is 5.36. The molecule has 1 fully saturated rings. The molecule has 24 heavy (non-hydrogen) atoms. The molecule has 1 aromatic carbocycles. The van der Waals surface area contributed by atoms with E-state index in [-0.39, 0.29) is 22.9 Å². The number of aliphatic hydroxyl groups is 1. The number of hydrogen-bond donors (Lipinski definition) is 1. The molecule has 1 aliphatic rings. The van der Waals surface area contributed by atoms with Gasteiger partial charge < -0.3 is 14.6 Å². The molecule has 0 unspecified atom stereocenters. The number of allylic oxidation sites excluding steroid dienone is 2. The lowest BCUT2D eigenvalue weighted by Gasteiger charge is -2.12. The van der Waals surface area contributed by atoms with Crippen LogP contribution >= 0.6 is 0 Å². The van der Waals surface area contributed by atoms with Gasteiger partial charge in [0.05, 0.1) is 13.2 Å². The van der Waals surface area contributed by atoms with E-state index in [9.17, 15) is 14.7 Å². The molecule has 0 saturated heterocycles. The lowest BCUT2D eigenvalue weighted by Crippen LogP contribution is -2.20. The predicted molar refractivity (Wildman–Crippen MR) is 91.3 cm³/mol. The molecule has 5 nitrogen and oxygen atoms in total. The molecule has 128 valence electrons. The number of benzene rings is 1. The van der Waals surface area contributed by atoms with Crippen molar-refractivity contribution in [2.45, 2.75) is 33.1 Å².